The topological polar surface area (TPSA) is 61.2 Å². The fourth-order valence-electron chi connectivity index (χ4n) is 3.81. The Bertz CT molecular complexity index is 602. The molecule has 2 saturated heterocycles. The number of piperazine rings is 1. The highest BCUT2D eigenvalue weighted by Gasteiger charge is 2.61. The minimum Gasteiger partial charge on any atom is -0.355 e. The number of nitrogens with one attached hydrogen (secondary N) is 2. The summed E-state index contributed by atoms with van der Waals surface area (Å²) >= 11 is 0. The standard InChI is InChI=1S/C19H27N3O2/c1-4-20-18(23)16-17-15(10-12(2)3)22(17)19(24)14(21-16)11-13-8-6-5-7-9-13/h5-9,12,14-17,21H,4,10-11H2,1-3H3,(H,20,23)/t14-,15+,16?,17-,22?/m0/s1. The van der Waals surface area contributed by atoms with Crippen LogP contribution in [0.5, 0.6) is 0 Å². The molecule has 0 aromatic heterocycles. The monoisotopic (exact) mass is 329 g/mol. The van der Waals surface area contributed by atoms with Crippen molar-refractivity contribution in [3.05, 3.63) is 35.9 Å². The summed E-state index contributed by atoms with van der Waals surface area (Å²) in [5.74, 6) is 0.648. The smallest absolute Gasteiger partial charge is 0.240 e. The number of rotatable bonds is 6. The van der Waals surface area contributed by atoms with Gasteiger partial charge in [-0.05, 0) is 31.2 Å². The van der Waals surface area contributed by atoms with Crippen LogP contribution >= 0.6 is 0 Å². The van der Waals surface area contributed by atoms with E-state index in [2.05, 4.69) is 24.5 Å². The van der Waals surface area contributed by atoms with E-state index in [4.69, 9.17) is 0 Å². The zero-order valence-corrected chi connectivity index (χ0v) is 14.7. The van der Waals surface area contributed by atoms with Crippen LogP contribution in [0.1, 0.15) is 32.8 Å². The lowest BCUT2D eigenvalue weighted by atomic mass is 9.99. The zero-order valence-electron chi connectivity index (χ0n) is 14.7. The third-order valence-electron chi connectivity index (χ3n) is 4.89. The Morgan fingerprint density at radius 2 is 2.00 bits per heavy atom. The van der Waals surface area contributed by atoms with Crippen LogP contribution in [0.4, 0.5) is 0 Å². The molecule has 3 rings (SSSR count). The molecule has 2 aliphatic rings. The maximum Gasteiger partial charge on any atom is 0.240 e. The maximum absolute atomic E-state index is 12.8. The molecule has 4 atom stereocenters. The molecule has 2 aliphatic heterocycles. The van der Waals surface area contributed by atoms with Gasteiger partial charge in [0.2, 0.25) is 11.8 Å². The van der Waals surface area contributed by atoms with E-state index in [-0.39, 0.29) is 36.0 Å². The van der Waals surface area contributed by atoms with Gasteiger partial charge in [0.1, 0.15) is 6.04 Å². The number of carbonyl (C=O) groups is 2. The van der Waals surface area contributed by atoms with Gasteiger partial charge < -0.3 is 10.2 Å². The summed E-state index contributed by atoms with van der Waals surface area (Å²) in [6.07, 6.45) is 1.57. The molecule has 5 heteroatoms. The first-order valence-corrected chi connectivity index (χ1v) is 8.92. The van der Waals surface area contributed by atoms with E-state index in [1.54, 1.807) is 0 Å². The van der Waals surface area contributed by atoms with E-state index >= 15 is 0 Å². The lowest BCUT2D eigenvalue weighted by Gasteiger charge is -2.29. The van der Waals surface area contributed by atoms with Gasteiger partial charge in [-0.1, -0.05) is 44.2 Å². The average Bonchev–Trinajstić information content (AvgIpc) is 3.24. The van der Waals surface area contributed by atoms with Crippen LogP contribution in [0.3, 0.4) is 0 Å². The van der Waals surface area contributed by atoms with Gasteiger partial charge in [0.05, 0.1) is 18.1 Å². The first-order chi connectivity index (χ1) is 11.5. The van der Waals surface area contributed by atoms with Crippen molar-refractivity contribution < 1.29 is 9.59 Å². The fourth-order valence-corrected chi connectivity index (χ4v) is 3.81. The lowest BCUT2D eigenvalue weighted by molar-refractivity contribution is -0.133. The molecular weight excluding hydrogens is 302 g/mol. The van der Waals surface area contributed by atoms with Crippen LogP contribution < -0.4 is 10.6 Å². The first kappa shape index (κ1) is 17.0. The molecular formula is C19H27N3O2. The van der Waals surface area contributed by atoms with Crippen LogP contribution in [0.25, 0.3) is 0 Å². The number of likely N-dealkylation sites (N-methyl/N-ethyl adjacent to an activating group) is 1. The lowest BCUT2D eigenvalue weighted by Crippen LogP contribution is -2.60. The van der Waals surface area contributed by atoms with Gasteiger partial charge in [-0.2, -0.15) is 0 Å². The van der Waals surface area contributed by atoms with Crippen molar-refractivity contribution in [1.82, 2.24) is 15.5 Å². The van der Waals surface area contributed by atoms with E-state index in [0.29, 0.717) is 18.9 Å². The zero-order chi connectivity index (χ0) is 17.3. The van der Waals surface area contributed by atoms with Gasteiger partial charge in [0.15, 0.2) is 0 Å². The van der Waals surface area contributed by atoms with Gasteiger partial charge in [-0.25, -0.2) is 0 Å². The largest absolute Gasteiger partial charge is 0.355 e. The second-order valence-electron chi connectivity index (χ2n) is 7.21. The van der Waals surface area contributed by atoms with Gasteiger partial charge in [-0.15, -0.1) is 0 Å². The maximum atomic E-state index is 12.8. The summed E-state index contributed by atoms with van der Waals surface area (Å²) in [6.45, 7) is 6.84. The molecule has 2 heterocycles. The number of fused-ring (bicyclic) bond motifs is 1. The van der Waals surface area contributed by atoms with Crippen molar-refractivity contribution in [2.75, 3.05) is 6.54 Å². The van der Waals surface area contributed by atoms with E-state index < -0.39 is 0 Å². The fraction of sp³-hybridized carbons (Fsp3) is 0.579. The Labute approximate surface area is 143 Å². The Morgan fingerprint density at radius 1 is 1.29 bits per heavy atom. The Morgan fingerprint density at radius 3 is 2.62 bits per heavy atom. The number of nitrogens with zero attached hydrogens (tertiary/aromatic N) is 1. The Hall–Kier alpha value is -1.88. The molecule has 0 spiro atoms. The predicted molar refractivity (Wildman–Crippen MR) is 93.4 cm³/mol. The summed E-state index contributed by atoms with van der Waals surface area (Å²) in [5, 5.41) is 6.23. The number of carbonyl (C=O) groups excluding carboxylic acids is 2. The summed E-state index contributed by atoms with van der Waals surface area (Å²) in [7, 11) is 0. The van der Waals surface area contributed by atoms with E-state index in [1.807, 2.05) is 42.2 Å². The number of hydrogen-bond donors (Lipinski definition) is 2. The molecule has 0 bridgehead atoms. The van der Waals surface area contributed by atoms with Crippen molar-refractivity contribution in [2.24, 2.45) is 5.92 Å². The van der Waals surface area contributed by atoms with E-state index in [9.17, 15) is 9.59 Å². The minimum absolute atomic E-state index is 0.00400. The molecule has 2 amide bonds. The highest BCUT2D eigenvalue weighted by atomic mass is 16.2. The van der Waals surface area contributed by atoms with Crippen molar-refractivity contribution in [2.45, 2.75) is 57.8 Å². The molecule has 24 heavy (non-hydrogen) atoms. The van der Waals surface area contributed by atoms with Crippen LogP contribution in [-0.4, -0.2) is 47.4 Å². The van der Waals surface area contributed by atoms with E-state index in [0.717, 1.165) is 12.0 Å². The predicted octanol–water partition coefficient (Wildman–Crippen LogP) is 1.33. The normalized spacial score (nSPS) is 28.7. The number of amides is 2. The van der Waals surface area contributed by atoms with Crippen molar-refractivity contribution in [3.8, 4) is 0 Å². The summed E-state index contributed by atoms with van der Waals surface area (Å²) < 4.78 is 0. The number of hydrogen-bond acceptors (Lipinski definition) is 3. The summed E-state index contributed by atoms with van der Waals surface area (Å²) in [4.78, 5) is 27.2. The highest BCUT2D eigenvalue weighted by Crippen LogP contribution is 2.39. The SMILES string of the molecule is CCNC(=O)C1N[C@@H](Cc2ccccc2)C(=O)N2[C@H](CC(C)C)[C@@H]12. The van der Waals surface area contributed by atoms with Crippen molar-refractivity contribution >= 4 is 11.8 Å². The number of benzene rings is 1. The van der Waals surface area contributed by atoms with Crippen molar-refractivity contribution in [1.29, 1.82) is 0 Å². The van der Waals surface area contributed by atoms with Crippen molar-refractivity contribution in [3.63, 3.8) is 0 Å². The molecule has 1 aromatic carbocycles. The summed E-state index contributed by atoms with van der Waals surface area (Å²) in [5.41, 5.74) is 1.11. The molecule has 1 aromatic rings. The third kappa shape index (κ3) is 3.31. The third-order valence-corrected chi connectivity index (χ3v) is 4.89. The van der Waals surface area contributed by atoms with Crippen LogP contribution in [-0.2, 0) is 16.0 Å². The average molecular weight is 329 g/mol. The summed E-state index contributed by atoms with van der Waals surface area (Å²) in [6, 6.07) is 9.55. The minimum atomic E-state index is -0.326. The molecule has 5 nitrogen and oxygen atoms in total. The van der Waals surface area contributed by atoms with Gasteiger partial charge in [0.25, 0.3) is 0 Å². The van der Waals surface area contributed by atoms with Crippen LogP contribution in [0.2, 0.25) is 0 Å². The molecule has 0 saturated carbocycles. The van der Waals surface area contributed by atoms with Gasteiger partial charge >= 0.3 is 0 Å². The Kier molecular flexibility index (Phi) is 4.90. The molecule has 130 valence electrons. The molecule has 0 radical (unpaired) electrons. The quantitative estimate of drug-likeness (QED) is 0.774. The van der Waals surface area contributed by atoms with E-state index in [1.165, 1.54) is 0 Å². The van der Waals surface area contributed by atoms with Crippen LogP contribution in [0.15, 0.2) is 30.3 Å². The molecule has 1 unspecified atom stereocenters. The molecule has 2 N–H and O–H groups in total. The highest BCUT2D eigenvalue weighted by molar-refractivity contribution is 5.92. The van der Waals surface area contributed by atoms with Gasteiger partial charge in [0, 0.05) is 6.54 Å². The first-order valence-electron chi connectivity index (χ1n) is 8.92. The molecule has 0 aliphatic carbocycles. The van der Waals surface area contributed by atoms with Crippen LogP contribution in [0, 0.1) is 5.92 Å². The Balaban J connectivity index is 1.77. The second-order valence-corrected chi connectivity index (χ2v) is 7.21. The molecule has 2 fully saturated rings. The second kappa shape index (κ2) is 6.93. The van der Waals surface area contributed by atoms with Gasteiger partial charge in [-0.3, -0.25) is 14.9 Å².